The number of rotatable bonds is 4. The minimum Gasteiger partial charge on any atom is -0.396 e. The molecule has 8 nitrogen and oxygen atoms in total. The fraction of sp³-hybridized carbons (Fsp3) is 0.360. The first-order valence-corrected chi connectivity index (χ1v) is 11.3. The second-order valence-corrected chi connectivity index (χ2v) is 8.76. The van der Waals surface area contributed by atoms with Crippen LogP contribution < -0.4 is 11.1 Å². The van der Waals surface area contributed by atoms with Crippen LogP contribution >= 0.6 is 0 Å². The molecule has 0 saturated carbocycles. The maximum atomic E-state index is 10.4. The number of nitrogens with one attached hydrogen (secondary N) is 1. The summed E-state index contributed by atoms with van der Waals surface area (Å²) in [6, 6.07) is 9.59. The van der Waals surface area contributed by atoms with Gasteiger partial charge in [-0.25, -0.2) is 4.98 Å². The third kappa shape index (κ3) is 5.71. The first-order chi connectivity index (χ1) is 16.0. The minimum absolute atomic E-state index is 0.358. The lowest BCUT2D eigenvalue weighted by Gasteiger charge is -2.29. The van der Waals surface area contributed by atoms with Crippen molar-refractivity contribution in [1.82, 2.24) is 24.8 Å². The van der Waals surface area contributed by atoms with Gasteiger partial charge in [0.15, 0.2) is 5.82 Å². The van der Waals surface area contributed by atoms with Gasteiger partial charge in [-0.3, -0.25) is 19.7 Å². The summed E-state index contributed by atoms with van der Waals surface area (Å²) < 4.78 is 0. The number of nitrogens with two attached hydrogens (primary N) is 1. The number of hydrogen-bond acceptors (Lipinski definition) is 7. The van der Waals surface area contributed by atoms with Gasteiger partial charge in [0.25, 0.3) is 0 Å². The number of likely N-dealkylation sites (tertiary alicyclic amines) is 1. The zero-order valence-corrected chi connectivity index (χ0v) is 19.2. The summed E-state index contributed by atoms with van der Waals surface area (Å²) >= 11 is 0. The van der Waals surface area contributed by atoms with Crippen molar-refractivity contribution in [2.75, 3.05) is 38.2 Å². The smallest absolute Gasteiger partial charge is 0.212 e. The van der Waals surface area contributed by atoms with Crippen LogP contribution in [0.2, 0.25) is 0 Å². The number of anilines is 2. The van der Waals surface area contributed by atoms with Crippen LogP contribution in [0.25, 0.3) is 11.3 Å². The molecule has 33 heavy (non-hydrogen) atoms. The average Bonchev–Trinajstić information content (AvgIpc) is 3.21. The standard InChI is InChI=1S/C14H21N3.C11H10N4O/c1-16-5-3-11(4-6-16)12-7-13-9-17(2)10-14(13)15-8-12;12-9-3-4-10(15-11(9)14-7-16)8-2-1-5-13-6-8/h7-8,11H,3-6,9-10H2,1-2H3;1-7H,12H2,(H,14,15,16). The molecule has 2 aliphatic rings. The number of aromatic nitrogens is 3. The maximum absolute atomic E-state index is 10.4. The number of nitrogen functional groups attached to an aromatic ring is 1. The molecule has 0 spiro atoms. The minimum atomic E-state index is 0.358. The Labute approximate surface area is 194 Å². The molecule has 0 unspecified atom stereocenters. The van der Waals surface area contributed by atoms with E-state index in [-0.39, 0.29) is 0 Å². The first-order valence-electron chi connectivity index (χ1n) is 11.3. The zero-order chi connectivity index (χ0) is 23.2. The molecule has 0 radical (unpaired) electrons. The molecule has 3 aromatic rings. The molecule has 0 bridgehead atoms. The Hall–Kier alpha value is -3.36. The van der Waals surface area contributed by atoms with E-state index in [2.05, 4.69) is 56.4 Å². The Balaban J connectivity index is 0.000000157. The van der Waals surface area contributed by atoms with Crippen molar-refractivity contribution in [2.45, 2.75) is 31.8 Å². The molecule has 8 heteroatoms. The first kappa shape index (κ1) is 22.8. The van der Waals surface area contributed by atoms with Gasteiger partial charge in [-0.05, 0) is 81.3 Å². The van der Waals surface area contributed by atoms with Crippen molar-refractivity contribution in [2.24, 2.45) is 0 Å². The number of fused-ring (bicyclic) bond motifs is 1. The molecular formula is C25H31N7O. The maximum Gasteiger partial charge on any atom is 0.212 e. The lowest BCUT2D eigenvalue weighted by molar-refractivity contribution is -0.105. The second-order valence-electron chi connectivity index (χ2n) is 8.76. The van der Waals surface area contributed by atoms with Crippen LogP contribution in [0.4, 0.5) is 11.5 Å². The Morgan fingerprint density at radius 3 is 2.64 bits per heavy atom. The number of piperidine rings is 1. The molecule has 3 N–H and O–H groups in total. The van der Waals surface area contributed by atoms with E-state index >= 15 is 0 Å². The number of carbonyl (C=O) groups is 1. The molecule has 2 aliphatic heterocycles. The summed E-state index contributed by atoms with van der Waals surface area (Å²) in [5, 5.41) is 2.45. The van der Waals surface area contributed by atoms with Gasteiger partial charge in [0.2, 0.25) is 6.41 Å². The van der Waals surface area contributed by atoms with Gasteiger partial charge < -0.3 is 16.0 Å². The molecule has 0 aromatic carbocycles. The predicted molar refractivity (Wildman–Crippen MR) is 130 cm³/mol. The Morgan fingerprint density at radius 1 is 1.09 bits per heavy atom. The number of pyridine rings is 3. The highest BCUT2D eigenvalue weighted by atomic mass is 16.1. The second kappa shape index (κ2) is 10.5. The van der Waals surface area contributed by atoms with Crippen molar-refractivity contribution >= 4 is 17.9 Å². The summed E-state index contributed by atoms with van der Waals surface area (Å²) in [6.07, 6.45) is 8.62. The lowest BCUT2D eigenvalue weighted by Crippen LogP contribution is -2.29. The Kier molecular flexibility index (Phi) is 7.26. The fourth-order valence-electron chi connectivity index (χ4n) is 4.32. The molecule has 1 fully saturated rings. The number of nitrogens with zero attached hydrogens (tertiary/aromatic N) is 5. The summed E-state index contributed by atoms with van der Waals surface area (Å²) in [5.41, 5.74) is 11.9. The molecule has 5 rings (SSSR count). The topological polar surface area (TPSA) is 100 Å². The van der Waals surface area contributed by atoms with E-state index in [0.29, 0.717) is 23.6 Å². The van der Waals surface area contributed by atoms with E-state index in [4.69, 9.17) is 5.73 Å². The molecule has 0 aliphatic carbocycles. The lowest BCUT2D eigenvalue weighted by atomic mass is 9.90. The van der Waals surface area contributed by atoms with Gasteiger partial charge in [-0.15, -0.1) is 0 Å². The SMILES string of the molecule is CN1CCC(c2cnc3c(c2)CN(C)C3)CC1.Nc1ccc(-c2cccnc2)nc1NC=O. The van der Waals surface area contributed by atoms with Gasteiger partial charge >= 0.3 is 0 Å². The molecule has 3 aromatic heterocycles. The number of amides is 1. The third-order valence-electron chi connectivity index (χ3n) is 6.21. The monoisotopic (exact) mass is 445 g/mol. The third-order valence-corrected chi connectivity index (χ3v) is 6.21. The van der Waals surface area contributed by atoms with Crippen LogP contribution in [0.1, 0.15) is 35.6 Å². The van der Waals surface area contributed by atoms with Gasteiger partial charge in [0.1, 0.15) is 0 Å². The average molecular weight is 446 g/mol. The number of hydrogen-bond donors (Lipinski definition) is 2. The fourth-order valence-corrected chi connectivity index (χ4v) is 4.32. The van der Waals surface area contributed by atoms with E-state index in [1.165, 1.54) is 42.8 Å². The highest BCUT2D eigenvalue weighted by Gasteiger charge is 2.22. The van der Waals surface area contributed by atoms with E-state index < -0.39 is 0 Å². The van der Waals surface area contributed by atoms with Crippen LogP contribution in [0, 0.1) is 0 Å². The highest BCUT2D eigenvalue weighted by Crippen LogP contribution is 2.30. The van der Waals surface area contributed by atoms with Gasteiger partial charge in [0, 0.05) is 37.2 Å². The van der Waals surface area contributed by atoms with E-state index in [9.17, 15) is 4.79 Å². The van der Waals surface area contributed by atoms with Crippen molar-refractivity contribution in [3.05, 3.63) is 65.7 Å². The molecular weight excluding hydrogens is 414 g/mol. The van der Waals surface area contributed by atoms with Crippen molar-refractivity contribution in [1.29, 1.82) is 0 Å². The molecule has 172 valence electrons. The Morgan fingerprint density at radius 2 is 1.91 bits per heavy atom. The Bertz CT molecular complexity index is 1080. The summed E-state index contributed by atoms with van der Waals surface area (Å²) in [4.78, 5) is 28.0. The van der Waals surface area contributed by atoms with Gasteiger partial charge in [-0.2, -0.15) is 0 Å². The largest absolute Gasteiger partial charge is 0.396 e. The molecule has 1 saturated heterocycles. The predicted octanol–water partition coefficient (Wildman–Crippen LogP) is 3.13. The molecule has 0 atom stereocenters. The van der Waals surface area contributed by atoms with Crippen molar-refractivity contribution in [3.63, 3.8) is 0 Å². The summed E-state index contributed by atoms with van der Waals surface area (Å²) in [6.45, 7) is 4.54. The quantitative estimate of drug-likeness (QED) is 0.595. The van der Waals surface area contributed by atoms with E-state index in [1.54, 1.807) is 24.5 Å². The summed E-state index contributed by atoms with van der Waals surface area (Å²) in [5.74, 6) is 1.09. The van der Waals surface area contributed by atoms with Crippen LogP contribution in [0.5, 0.6) is 0 Å². The number of carbonyl (C=O) groups excluding carboxylic acids is 1. The van der Waals surface area contributed by atoms with Gasteiger partial charge in [0.05, 0.1) is 17.1 Å². The van der Waals surface area contributed by atoms with Gasteiger partial charge in [-0.1, -0.05) is 6.07 Å². The van der Waals surface area contributed by atoms with E-state index in [1.807, 2.05) is 12.1 Å². The van der Waals surface area contributed by atoms with Crippen LogP contribution in [0.15, 0.2) is 48.9 Å². The zero-order valence-electron chi connectivity index (χ0n) is 19.2. The van der Waals surface area contributed by atoms with Crippen LogP contribution in [-0.4, -0.2) is 58.3 Å². The molecule has 1 amide bonds. The molecule has 5 heterocycles. The van der Waals surface area contributed by atoms with E-state index in [0.717, 1.165) is 24.6 Å². The van der Waals surface area contributed by atoms with Crippen LogP contribution in [-0.2, 0) is 17.9 Å². The van der Waals surface area contributed by atoms with Crippen molar-refractivity contribution in [3.8, 4) is 11.3 Å². The van der Waals surface area contributed by atoms with Crippen LogP contribution in [0.3, 0.4) is 0 Å². The summed E-state index contributed by atoms with van der Waals surface area (Å²) in [7, 11) is 4.38. The highest BCUT2D eigenvalue weighted by molar-refractivity contribution is 5.78. The normalized spacial score (nSPS) is 16.5. The van der Waals surface area contributed by atoms with Crippen molar-refractivity contribution < 1.29 is 4.79 Å².